The predicted octanol–water partition coefficient (Wildman–Crippen LogP) is 17.6. The van der Waals surface area contributed by atoms with Crippen molar-refractivity contribution in [3.63, 3.8) is 0 Å². The number of hydrogen-bond donors (Lipinski definition) is 0. The van der Waals surface area contributed by atoms with Crippen molar-refractivity contribution in [2.75, 3.05) is 13.2 Å². The third kappa shape index (κ3) is 47.5. The Balaban J connectivity index is 4.30. The Hall–Kier alpha value is -1.59. The predicted molar refractivity (Wildman–Crippen MR) is 257 cm³/mol. The van der Waals surface area contributed by atoms with Crippen LogP contribution in [0.25, 0.3) is 0 Å². The van der Waals surface area contributed by atoms with E-state index >= 15 is 0 Å². The summed E-state index contributed by atoms with van der Waals surface area (Å²) in [4.78, 5) is 38.0. The second kappa shape index (κ2) is 50.1. The summed E-state index contributed by atoms with van der Waals surface area (Å²) in [6.07, 6.45) is 53.7. The van der Waals surface area contributed by atoms with Crippen LogP contribution in [0.3, 0.4) is 0 Å². The molecule has 1 atom stereocenters. The fourth-order valence-electron chi connectivity index (χ4n) is 8.27. The van der Waals surface area contributed by atoms with Crippen LogP contribution in [-0.2, 0) is 28.6 Å². The van der Waals surface area contributed by atoms with Gasteiger partial charge in [0.15, 0.2) is 6.10 Å². The Morgan fingerprint density at radius 1 is 0.267 bits per heavy atom. The third-order valence-corrected chi connectivity index (χ3v) is 12.4. The van der Waals surface area contributed by atoms with Crippen molar-refractivity contribution in [3.05, 3.63) is 0 Å². The van der Waals surface area contributed by atoms with Gasteiger partial charge in [0.05, 0.1) is 0 Å². The van der Waals surface area contributed by atoms with Gasteiger partial charge in [0.25, 0.3) is 0 Å². The molecule has 0 aliphatic heterocycles. The van der Waals surface area contributed by atoms with Crippen molar-refractivity contribution < 1.29 is 28.6 Å². The van der Waals surface area contributed by atoms with Crippen molar-refractivity contribution in [2.24, 2.45) is 0 Å². The Kier molecular flexibility index (Phi) is 48.7. The maximum Gasteiger partial charge on any atom is 0.306 e. The summed E-state index contributed by atoms with van der Waals surface area (Å²) < 4.78 is 16.8. The molecule has 6 nitrogen and oxygen atoms in total. The van der Waals surface area contributed by atoms with Gasteiger partial charge in [-0.15, -0.1) is 0 Å². The summed E-state index contributed by atoms with van der Waals surface area (Å²) in [5.41, 5.74) is 0. The summed E-state index contributed by atoms with van der Waals surface area (Å²) in [6, 6.07) is 0. The van der Waals surface area contributed by atoms with Gasteiger partial charge in [0.2, 0.25) is 0 Å². The van der Waals surface area contributed by atoms with Crippen molar-refractivity contribution >= 4 is 17.9 Å². The fraction of sp³-hybridized carbons (Fsp3) is 0.944. The van der Waals surface area contributed by atoms with Gasteiger partial charge in [-0.05, 0) is 19.3 Å². The molecule has 0 unspecified atom stereocenters. The zero-order chi connectivity index (χ0) is 43.7. The molecule has 356 valence electrons. The standard InChI is InChI=1S/C54H104O6/c1-4-7-10-13-16-19-22-25-27-30-32-35-38-41-44-47-53(56)59-50-51(49-58-52(55)46-43-40-37-34-31-28-24-21-18-15-12-9-6-3)60-54(57)48-45-42-39-36-33-29-26-23-20-17-14-11-8-5-2/h51H,4-50H2,1-3H3/t51-/m1/s1. The highest BCUT2D eigenvalue weighted by atomic mass is 16.6. The molecule has 0 amide bonds. The van der Waals surface area contributed by atoms with Crippen molar-refractivity contribution in [3.8, 4) is 0 Å². The maximum atomic E-state index is 12.8. The summed E-state index contributed by atoms with van der Waals surface area (Å²) >= 11 is 0. The van der Waals surface area contributed by atoms with Crippen LogP contribution in [0.4, 0.5) is 0 Å². The molecule has 0 bridgehead atoms. The van der Waals surface area contributed by atoms with Gasteiger partial charge in [0, 0.05) is 19.3 Å². The van der Waals surface area contributed by atoms with Crippen LogP contribution in [0.2, 0.25) is 0 Å². The van der Waals surface area contributed by atoms with E-state index in [9.17, 15) is 14.4 Å². The van der Waals surface area contributed by atoms with Crippen LogP contribution < -0.4 is 0 Å². The largest absolute Gasteiger partial charge is 0.462 e. The van der Waals surface area contributed by atoms with Crippen LogP contribution in [-0.4, -0.2) is 37.2 Å². The van der Waals surface area contributed by atoms with E-state index in [4.69, 9.17) is 14.2 Å². The average Bonchev–Trinajstić information content (AvgIpc) is 3.24. The lowest BCUT2D eigenvalue weighted by molar-refractivity contribution is -0.167. The van der Waals surface area contributed by atoms with Crippen molar-refractivity contribution in [1.82, 2.24) is 0 Å². The van der Waals surface area contributed by atoms with Crippen LogP contribution in [0, 0.1) is 0 Å². The van der Waals surface area contributed by atoms with Gasteiger partial charge in [-0.1, -0.05) is 271 Å². The zero-order valence-corrected chi connectivity index (χ0v) is 40.8. The minimum absolute atomic E-state index is 0.0614. The van der Waals surface area contributed by atoms with Gasteiger partial charge < -0.3 is 14.2 Å². The van der Waals surface area contributed by atoms with Crippen molar-refractivity contribution in [2.45, 2.75) is 316 Å². The van der Waals surface area contributed by atoms with E-state index in [1.165, 1.54) is 212 Å². The molecule has 60 heavy (non-hydrogen) atoms. The first-order valence-corrected chi connectivity index (χ1v) is 27.0. The number of rotatable bonds is 50. The van der Waals surface area contributed by atoms with E-state index in [0.29, 0.717) is 19.3 Å². The number of hydrogen-bond acceptors (Lipinski definition) is 6. The van der Waals surface area contributed by atoms with E-state index in [1.807, 2.05) is 0 Å². The van der Waals surface area contributed by atoms with Gasteiger partial charge in [0.1, 0.15) is 13.2 Å². The van der Waals surface area contributed by atoms with Crippen LogP contribution in [0.15, 0.2) is 0 Å². The van der Waals surface area contributed by atoms with E-state index in [-0.39, 0.29) is 31.1 Å². The molecule has 0 radical (unpaired) electrons. The average molecular weight is 849 g/mol. The molecular weight excluding hydrogens is 745 g/mol. The highest BCUT2D eigenvalue weighted by Crippen LogP contribution is 2.17. The number of esters is 3. The Bertz CT molecular complexity index is 889. The third-order valence-electron chi connectivity index (χ3n) is 12.4. The molecule has 0 aliphatic carbocycles. The van der Waals surface area contributed by atoms with Crippen LogP contribution in [0.1, 0.15) is 310 Å². The highest BCUT2D eigenvalue weighted by Gasteiger charge is 2.19. The minimum Gasteiger partial charge on any atom is -0.462 e. The zero-order valence-electron chi connectivity index (χ0n) is 40.8. The fourth-order valence-corrected chi connectivity index (χ4v) is 8.27. The number of carbonyl (C=O) groups is 3. The van der Waals surface area contributed by atoms with Crippen LogP contribution >= 0.6 is 0 Å². The number of carbonyl (C=O) groups excluding carboxylic acids is 3. The summed E-state index contributed by atoms with van der Waals surface area (Å²) in [5, 5.41) is 0. The van der Waals surface area contributed by atoms with Crippen LogP contribution in [0.5, 0.6) is 0 Å². The molecule has 0 aromatic heterocycles. The lowest BCUT2D eigenvalue weighted by Gasteiger charge is -2.18. The Morgan fingerprint density at radius 3 is 0.667 bits per heavy atom. The monoisotopic (exact) mass is 849 g/mol. The molecule has 0 saturated heterocycles. The normalized spacial score (nSPS) is 11.8. The van der Waals surface area contributed by atoms with E-state index < -0.39 is 6.10 Å². The molecule has 6 heteroatoms. The first-order valence-electron chi connectivity index (χ1n) is 27.0. The molecule has 0 spiro atoms. The maximum absolute atomic E-state index is 12.8. The first kappa shape index (κ1) is 58.4. The van der Waals surface area contributed by atoms with Gasteiger partial charge >= 0.3 is 17.9 Å². The molecule has 0 aromatic carbocycles. The van der Waals surface area contributed by atoms with E-state index in [1.54, 1.807) is 0 Å². The Morgan fingerprint density at radius 2 is 0.450 bits per heavy atom. The molecule has 0 rings (SSSR count). The quantitative estimate of drug-likeness (QED) is 0.0345. The first-order chi connectivity index (χ1) is 29.5. The topological polar surface area (TPSA) is 78.9 Å². The lowest BCUT2D eigenvalue weighted by Crippen LogP contribution is -2.30. The number of ether oxygens (including phenoxy) is 3. The SMILES string of the molecule is CCCCCCCCCCCCCCCCCC(=O)OC[C@@H](COC(=O)CCCCCCCCCCCCCCC)OC(=O)CCCCCCCCCCCCCCCC. The second-order valence-corrected chi connectivity index (χ2v) is 18.5. The molecule has 0 aromatic rings. The molecule has 0 N–H and O–H groups in total. The second-order valence-electron chi connectivity index (χ2n) is 18.5. The van der Waals surface area contributed by atoms with Gasteiger partial charge in [-0.2, -0.15) is 0 Å². The van der Waals surface area contributed by atoms with Gasteiger partial charge in [-0.3, -0.25) is 14.4 Å². The summed E-state index contributed by atoms with van der Waals surface area (Å²) in [7, 11) is 0. The molecule has 0 aliphatic rings. The minimum atomic E-state index is -0.759. The highest BCUT2D eigenvalue weighted by molar-refractivity contribution is 5.71. The summed E-state index contributed by atoms with van der Waals surface area (Å²) in [5.74, 6) is -0.837. The molecular formula is C54H104O6. The molecule has 0 saturated carbocycles. The van der Waals surface area contributed by atoms with E-state index in [2.05, 4.69) is 20.8 Å². The smallest absolute Gasteiger partial charge is 0.306 e. The Labute approximate surface area is 374 Å². The number of unbranched alkanes of at least 4 members (excludes halogenated alkanes) is 39. The lowest BCUT2D eigenvalue weighted by atomic mass is 10.0. The van der Waals surface area contributed by atoms with E-state index in [0.717, 1.165) is 57.8 Å². The molecule has 0 heterocycles. The molecule has 0 fully saturated rings. The van der Waals surface area contributed by atoms with Crippen molar-refractivity contribution in [1.29, 1.82) is 0 Å². The van der Waals surface area contributed by atoms with Gasteiger partial charge in [-0.25, -0.2) is 0 Å². The summed E-state index contributed by atoms with van der Waals surface area (Å²) in [6.45, 7) is 6.69.